The molecule has 1 atom stereocenters. The van der Waals surface area contributed by atoms with Gasteiger partial charge in [-0.2, -0.15) is 11.3 Å². The predicted molar refractivity (Wildman–Crippen MR) is 72.4 cm³/mol. The van der Waals surface area contributed by atoms with Crippen molar-refractivity contribution in [1.82, 2.24) is 5.32 Å². The van der Waals surface area contributed by atoms with Crippen molar-refractivity contribution in [2.45, 2.75) is 17.5 Å². The zero-order valence-corrected chi connectivity index (χ0v) is 11.3. The van der Waals surface area contributed by atoms with Crippen LogP contribution in [0.15, 0.2) is 46.0 Å². The third kappa shape index (κ3) is 2.09. The third-order valence-corrected chi connectivity index (χ3v) is 5.69. The molecule has 0 amide bonds. The van der Waals surface area contributed by atoms with E-state index in [9.17, 15) is 8.42 Å². The van der Waals surface area contributed by atoms with Crippen LogP contribution in [0.1, 0.15) is 17.2 Å². The molecule has 1 aliphatic heterocycles. The van der Waals surface area contributed by atoms with Crippen molar-refractivity contribution in [3.63, 3.8) is 0 Å². The molecule has 5 heteroatoms. The standard InChI is InChI=1S/C13H13NO2S2/c15-18(16)9-12(11-3-1-2-4-13(11)18)14-7-10-5-6-17-8-10/h1-6,8,12,14H,7,9H2. The molecule has 0 bridgehead atoms. The van der Waals surface area contributed by atoms with Gasteiger partial charge in [-0.1, -0.05) is 18.2 Å². The lowest BCUT2D eigenvalue weighted by Crippen LogP contribution is -2.22. The average molecular weight is 279 g/mol. The minimum absolute atomic E-state index is 0.0916. The first kappa shape index (κ1) is 11.9. The van der Waals surface area contributed by atoms with Crippen molar-refractivity contribution in [1.29, 1.82) is 0 Å². The molecule has 3 rings (SSSR count). The maximum atomic E-state index is 12.0. The normalized spacial score (nSPS) is 20.8. The maximum Gasteiger partial charge on any atom is 0.180 e. The highest BCUT2D eigenvalue weighted by molar-refractivity contribution is 7.91. The molecule has 0 radical (unpaired) electrons. The summed E-state index contributed by atoms with van der Waals surface area (Å²) < 4.78 is 24.0. The van der Waals surface area contributed by atoms with Crippen LogP contribution >= 0.6 is 11.3 Å². The summed E-state index contributed by atoms with van der Waals surface area (Å²) in [5.41, 5.74) is 2.09. The van der Waals surface area contributed by atoms with Crippen molar-refractivity contribution in [3.05, 3.63) is 52.2 Å². The van der Waals surface area contributed by atoms with E-state index < -0.39 is 9.84 Å². The molecule has 0 aliphatic carbocycles. The molecule has 1 aromatic carbocycles. The highest BCUT2D eigenvalue weighted by Gasteiger charge is 2.33. The van der Waals surface area contributed by atoms with Gasteiger partial charge < -0.3 is 5.32 Å². The van der Waals surface area contributed by atoms with Crippen molar-refractivity contribution in [2.24, 2.45) is 0 Å². The smallest absolute Gasteiger partial charge is 0.180 e. The molecule has 3 nitrogen and oxygen atoms in total. The molecule has 94 valence electrons. The van der Waals surface area contributed by atoms with Crippen molar-refractivity contribution < 1.29 is 8.42 Å². The Hall–Kier alpha value is -1.17. The van der Waals surface area contributed by atoms with Gasteiger partial charge in [0.05, 0.1) is 10.6 Å². The molecule has 1 aliphatic rings. The predicted octanol–water partition coefficient (Wildman–Crippen LogP) is 2.37. The summed E-state index contributed by atoms with van der Waals surface area (Å²) in [6, 6.07) is 9.21. The number of sulfone groups is 1. The van der Waals surface area contributed by atoms with Gasteiger partial charge in [-0.25, -0.2) is 8.42 Å². The fourth-order valence-electron chi connectivity index (χ4n) is 2.25. The molecule has 1 aromatic heterocycles. The number of nitrogens with one attached hydrogen (secondary N) is 1. The van der Waals surface area contributed by atoms with Gasteiger partial charge in [-0.05, 0) is 34.0 Å². The summed E-state index contributed by atoms with van der Waals surface area (Å²) in [6.45, 7) is 0.706. The highest BCUT2D eigenvalue weighted by atomic mass is 32.2. The minimum atomic E-state index is -3.11. The van der Waals surface area contributed by atoms with Crippen LogP contribution in [0.5, 0.6) is 0 Å². The zero-order valence-electron chi connectivity index (χ0n) is 9.67. The van der Waals surface area contributed by atoms with E-state index in [-0.39, 0.29) is 11.8 Å². The van der Waals surface area contributed by atoms with E-state index in [2.05, 4.69) is 10.7 Å². The van der Waals surface area contributed by atoms with Crippen molar-refractivity contribution >= 4 is 21.2 Å². The van der Waals surface area contributed by atoms with Gasteiger partial charge in [-0.3, -0.25) is 0 Å². The second kappa shape index (κ2) is 4.50. The Morgan fingerprint density at radius 2 is 2.11 bits per heavy atom. The zero-order chi connectivity index (χ0) is 12.6. The summed E-state index contributed by atoms with van der Waals surface area (Å²) in [6.07, 6.45) is 0. The number of fused-ring (bicyclic) bond motifs is 1. The van der Waals surface area contributed by atoms with E-state index in [0.717, 1.165) is 5.56 Å². The van der Waals surface area contributed by atoms with Gasteiger partial charge in [0.2, 0.25) is 0 Å². The summed E-state index contributed by atoms with van der Waals surface area (Å²) in [5, 5.41) is 7.42. The van der Waals surface area contributed by atoms with Crippen LogP contribution in [-0.4, -0.2) is 14.2 Å². The average Bonchev–Trinajstić information content (AvgIpc) is 2.95. The van der Waals surface area contributed by atoms with Crippen LogP contribution in [0.25, 0.3) is 0 Å². The van der Waals surface area contributed by atoms with Crippen LogP contribution < -0.4 is 5.32 Å². The Balaban J connectivity index is 1.83. The van der Waals surface area contributed by atoms with Crippen molar-refractivity contribution in [2.75, 3.05) is 5.75 Å². The molecule has 2 aromatic rings. The largest absolute Gasteiger partial charge is 0.305 e. The van der Waals surface area contributed by atoms with E-state index in [1.807, 2.05) is 23.6 Å². The second-order valence-electron chi connectivity index (χ2n) is 4.38. The second-order valence-corrected chi connectivity index (χ2v) is 7.17. The van der Waals surface area contributed by atoms with E-state index in [1.54, 1.807) is 23.5 Å². The SMILES string of the molecule is O=S1(=O)CC(NCc2ccsc2)c2ccccc21. The number of rotatable bonds is 3. The lowest BCUT2D eigenvalue weighted by Gasteiger charge is -2.11. The minimum Gasteiger partial charge on any atom is -0.305 e. The van der Waals surface area contributed by atoms with E-state index in [0.29, 0.717) is 11.4 Å². The summed E-state index contributed by atoms with van der Waals surface area (Å²) in [7, 11) is -3.11. The molecule has 0 saturated heterocycles. The van der Waals surface area contributed by atoms with Crippen LogP contribution in [0, 0.1) is 0 Å². The molecule has 18 heavy (non-hydrogen) atoms. The van der Waals surface area contributed by atoms with Gasteiger partial charge in [0.25, 0.3) is 0 Å². The lowest BCUT2D eigenvalue weighted by atomic mass is 10.1. The summed E-state index contributed by atoms with van der Waals surface area (Å²) in [5.74, 6) is 0.163. The molecule has 0 saturated carbocycles. The van der Waals surface area contributed by atoms with Crippen LogP contribution in [0.2, 0.25) is 0 Å². The van der Waals surface area contributed by atoms with Crippen molar-refractivity contribution in [3.8, 4) is 0 Å². The molecule has 1 N–H and O–H groups in total. The molecular formula is C13H13NO2S2. The third-order valence-electron chi connectivity index (χ3n) is 3.15. The first-order chi connectivity index (χ1) is 8.67. The lowest BCUT2D eigenvalue weighted by molar-refractivity contribution is 0.567. The van der Waals surface area contributed by atoms with Crippen LogP contribution in [0.4, 0.5) is 0 Å². The molecule has 1 unspecified atom stereocenters. The Kier molecular flexibility index (Phi) is 2.97. The topological polar surface area (TPSA) is 46.2 Å². The summed E-state index contributed by atoms with van der Waals surface area (Å²) in [4.78, 5) is 0.479. The van der Waals surface area contributed by atoms with Gasteiger partial charge in [0.15, 0.2) is 9.84 Å². The van der Waals surface area contributed by atoms with Gasteiger partial charge in [-0.15, -0.1) is 0 Å². The Labute approximate surface area is 110 Å². The van der Waals surface area contributed by atoms with Crippen LogP contribution in [0.3, 0.4) is 0 Å². The Morgan fingerprint density at radius 1 is 1.28 bits per heavy atom. The highest BCUT2D eigenvalue weighted by Crippen LogP contribution is 2.33. The molecular weight excluding hydrogens is 266 g/mol. The number of hydrogen-bond donors (Lipinski definition) is 1. The van der Waals surface area contributed by atoms with E-state index >= 15 is 0 Å². The van der Waals surface area contributed by atoms with Crippen LogP contribution in [-0.2, 0) is 16.4 Å². The van der Waals surface area contributed by atoms with E-state index in [4.69, 9.17) is 0 Å². The fourth-order valence-corrected chi connectivity index (χ4v) is 4.69. The number of thiophene rings is 1. The van der Waals surface area contributed by atoms with Gasteiger partial charge >= 0.3 is 0 Å². The Morgan fingerprint density at radius 3 is 2.89 bits per heavy atom. The van der Waals surface area contributed by atoms with Gasteiger partial charge in [0.1, 0.15) is 0 Å². The molecule has 2 heterocycles. The molecule has 0 spiro atoms. The molecule has 0 fully saturated rings. The first-order valence-corrected chi connectivity index (χ1v) is 8.32. The first-order valence-electron chi connectivity index (χ1n) is 5.73. The van der Waals surface area contributed by atoms with E-state index in [1.165, 1.54) is 5.56 Å². The quantitative estimate of drug-likeness (QED) is 0.938. The monoisotopic (exact) mass is 279 g/mol. The maximum absolute atomic E-state index is 12.0. The number of benzene rings is 1. The summed E-state index contributed by atoms with van der Waals surface area (Å²) >= 11 is 1.65. The Bertz CT molecular complexity index is 647. The van der Waals surface area contributed by atoms with Gasteiger partial charge in [0, 0.05) is 12.6 Å². The fraction of sp³-hybridized carbons (Fsp3) is 0.231. The number of hydrogen-bond acceptors (Lipinski definition) is 4.